The number of ether oxygens (including phenoxy) is 3. The van der Waals surface area contributed by atoms with E-state index in [-0.39, 0.29) is 6.61 Å². The van der Waals surface area contributed by atoms with Gasteiger partial charge in [-0.25, -0.2) is 4.79 Å². The Balaban J connectivity index is 1.69. The molecule has 0 aliphatic carbocycles. The van der Waals surface area contributed by atoms with Crippen LogP contribution in [0.1, 0.15) is 6.23 Å². The van der Waals surface area contributed by atoms with Gasteiger partial charge in [0, 0.05) is 32.5 Å². The normalized spacial score (nSPS) is 31.4. The first-order valence-corrected chi connectivity index (χ1v) is 7.73. The zero-order valence-corrected chi connectivity index (χ0v) is 13.3. The number of aromatic amines is 1. The van der Waals surface area contributed by atoms with Crippen molar-refractivity contribution in [1.82, 2.24) is 14.6 Å². The molecule has 0 amide bonds. The fraction of sp³-hybridized carbons (Fsp3) is 0.714. The van der Waals surface area contributed by atoms with Crippen LogP contribution in [-0.4, -0.2) is 78.1 Å². The van der Waals surface area contributed by atoms with Crippen LogP contribution in [0.2, 0.25) is 0 Å². The SMILES string of the molecule is COC1C(O)[C@@H](CON2CCOCC2)O[C@H]1n1ccc(=O)[nH]c1=O. The third-order valence-corrected chi connectivity index (χ3v) is 4.10. The number of aromatic nitrogens is 2. The Morgan fingerprint density at radius 3 is 2.79 bits per heavy atom. The average Bonchev–Trinajstić information content (AvgIpc) is 2.89. The zero-order chi connectivity index (χ0) is 17.1. The number of hydroxylamine groups is 2. The van der Waals surface area contributed by atoms with E-state index in [0.29, 0.717) is 26.3 Å². The second-order valence-electron chi connectivity index (χ2n) is 5.61. The van der Waals surface area contributed by atoms with Crippen molar-refractivity contribution in [2.75, 3.05) is 40.0 Å². The Morgan fingerprint density at radius 1 is 1.38 bits per heavy atom. The molecule has 2 fully saturated rings. The highest BCUT2D eigenvalue weighted by Crippen LogP contribution is 2.30. The molecule has 0 bridgehead atoms. The number of rotatable bonds is 5. The summed E-state index contributed by atoms with van der Waals surface area (Å²) in [4.78, 5) is 30.9. The Bertz CT molecular complexity index is 654. The lowest BCUT2D eigenvalue weighted by Crippen LogP contribution is -2.41. The minimum absolute atomic E-state index is 0.121. The molecule has 0 aromatic carbocycles. The van der Waals surface area contributed by atoms with Crippen LogP contribution in [0.4, 0.5) is 0 Å². The van der Waals surface area contributed by atoms with Gasteiger partial charge < -0.3 is 19.3 Å². The molecule has 2 unspecified atom stereocenters. The summed E-state index contributed by atoms with van der Waals surface area (Å²) in [6.45, 7) is 2.57. The van der Waals surface area contributed by atoms with Gasteiger partial charge >= 0.3 is 5.69 Å². The van der Waals surface area contributed by atoms with Gasteiger partial charge in [0.2, 0.25) is 0 Å². The molecule has 2 saturated heterocycles. The first kappa shape index (κ1) is 17.3. The van der Waals surface area contributed by atoms with Crippen LogP contribution in [0, 0.1) is 0 Å². The van der Waals surface area contributed by atoms with Gasteiger partial charge in [0.15, 0.2) is 6.23 Å². The second kappa shape index (κ2) is 7.55. The summed E-state index contributed by atoms with van der Waals surface area (Å²) < 4.78 is 17.5. The molecule has 1 aromatic heterocycles. The molecule has 2 aliphatic heterocycles. The van der Waals surface area contributed by atoms with Crippen LogP contribution >= 0.6 is 0 Å². The molecule has 2 N–H and O–H groups in total. The summed E-state index contributed by atoms with van der Waals surface area (Å²) in [7, 11) is 1.42. The van der Waals surface area contributed by atoms with Gasteiger partial charge in [-0.2, -0.15) is 5.06 Å². The smallest absolute Gasteiger partial charge is 0.330 e. The molecule has 0 saturated carbocycles. The summed E-state index contributed by atoms with van der Waals surface area (Å²) in [5.41, 5.74) is -1.13. The minimum atomic E-state index is -0.972. The quantitative estimate of drug-likeness (QED) is 0.635. The number of aliphatic hydroxyl groups is 1. The van der Waals surface area contributed by atoms with Crippen LogP contribution in [0.3, 0.4) is 0 Å². The van der Waals surface area contributed by atoms with Crippen LogP contribution in [0.15, 0.2) is 21.9 Å². The molecule has 4 atom stereocenters. The number of hydrogen-bond acceptors (Lipinski definition) is 8. The highest BCUT2D eigenvalue weighted by Gasteiger charge is 2.45. The number of nitrogens with zero attached hydrogens (tertiary/aromatic N) is 2. The van der Waals surface area contributed by atoms with E-state index < -0.39 is 35.8 Å². The van der Waals surface area contributed by atoms with Crippen LogP contribution < -0.4 is 11.2 Å². The molecule has 0 spiro atoms. The maximum absolute atomic E-state index is 11.9. The maximum atomic E-state index is 11.9. The van der Waals surface area contributed by atoms with Crippen molar-refractivity contribution in [2.45, 2.75) is 24.5 Å². The largest absolute Gasteiger partial charge is 0.387 e. The molecule has 1 aromatic rings. The van der Waals surface area contributed by atoms with Crippen molar-refractivity contribution < 1.29 is 24.2 Å². The molecule has 134 valence electrons. The standard InChI is InChI=1S/C14H21N3O7/c1-21-12-11(19)9(8-23-16-4-6-22-7-5-16)24-13(12)17-3-2-10(18)15-14(17)20/h2-3,9,11-13,19H,4-8H2,1H3,(H,15,18,20)/t9-,11?,12?,13-/m1/s1. The van der Waals surface area contributed by atoms with Crippen LogP contribution in [-0.2, 0) is 19.0 Å². The van der Waals surface area contributed by atoms with Crippen molar-refractivity contribution in [3.63, 3.8) is 0 Å². The Kier molecular flexibility index (Phi) is 5.43. The van der Waals surface area contributed by atoms with E-state index in [1.165, 1.54) is 23.9 Å². The number of nitrogens with one attached hydrogen (secondary N) is 1. The van der Waals surface area contributed by atoms with Crippen molar-refractivity contribution in [3.05, 3.63) is 33.1 Å². The lowest BCUT2D eigenvalue weighted by atomic mass is 10.1. The fourth-order valence-electron chi connectivity index (χ4n) is 2.82. The molecule has 24 heavy (non-hydrogen) atoms. The fourth-order valence-corrected chi connectivity index (χ4v) is 2.82. The van der Waals surface area contributed by atoms with E-state index in [4.69, 9.17) is 19.0 Å². The molecule has 10 heteroatoms. The Labute approximate surface area is 137 Å². The number of aliphatic hydroxyl groups excluding tert-OH is 1. The highest BCUT2D eigenvalue weighted by molar-refractivity contribution is 4.93. The van der Waals surface area contributed by atoms with Crippen LogP contribution in [0.5, 0.6) is 0 Å². The van der Waals surface area contributed by atoms with Gasteiger partial charge in [0.1, 0.15) is 18.3 Å². The molecule has 3 heterocycles. The first-order chi connectivity index (χ1) is 11.6. The first-order valence-electron chi connectivity index (χ1n) is 7.73. The van der Waals surface area contributed by atoms with Gasteiger partial charge in [-0.1, -0.05) is 0 Å². The molecule has 3 rings (SSSR count). The number of methoxy groups -OCH3 is 1. The number of hydrogen-bond donors (Lipinski definition) is 2. The monoisotopic (exact) mass is 343 g/mol. The summed E-state index contributed by atoms with van der Waals surface area (Å²) in [5, 5.41) is 12.1. The summed E-state index contributed by atoms with van der Waals surface area (Å²) >= 11 is 0. The van der Waals surface area contributed by atoms with Gasteiger partial charge in [-0.15, -0.1) is 0 Å². The van der Waals surface area contributed by atoms with Gasteiger partial charge in [-0.05, 0) is 0 Å². The van der Waals surface area contributed by atoms with E-state index in [9.17, 15) is 14.7 Å². The van der Waals surface area contributed by atoms with Crippen LogP contribution in [0.25, 0.3) is 0 Å². The lowest BCUT2D eigenvalue weighted by molar-refractivity contribution is -0.217. The van der Waals surface area contributed by atoms with Gasteiger partial charge in [-0.3, -0.25) is 19.2 Å². The zero-order valence-electron chi connectivity index (χ0n) is 13.3. The summed E-state index contributed by atoms with van der Waals surface area (Å²) in [5.74, 6) is 0. The third kappa shape index (κ3) is 3.58. The molecular weight excluding hydrogens is 322 g/mol. The second-order valence-corrected chi connectivity index (χ2v) is 5.61. The maximum Gasteiger partial charge on any atom is 0.330 e. The topological polar surface area (TPSA) is 115 Å². The summed E-state index contributed by atoms with van der Waals surface area (Å²) in [6.07, 6.45) is -1.93. The molecule has 0 radical (unpaired) electrons. The molecule has 2 aliphatic rings. The van der Waals surface area contributed by atoms with E-state index in [1.54, 1.807) is 5.06 Å². The predicted octanol–water partition coefficient (Wildman–Crippen LogP) is -1.93. The minimum Gasteiger partial charge on any atom is -0.387 e. The van der Waals surface area contributed by atoms with Crippen molar-refractivity contribution in [1.29, 1.82) is 0 Å². The van der Waals surface area contributed by atoms with E-state index in [2.05, 4.69) is 4.98 Å². The summed E-state index contributed by atoms with van der Waals surface area (Å²) in [6, 6.07) is 1.21. The predicted molar refractivity (Wildman–Crippen MR) is 80.4 cm³/mol. The highest BCUT2D eigenvalue weighted by atomic mass is 16.7. The Hall–Kier alpha value is -1.56. The van der Waals surface area contributed by atoms with E-state index >= 15 is 0 Å². The van der Waals surface area contributed by atoms with Gasteiger partial charge in [0.25, 0.3) is 5.56 Å². The Morgan fingerprint density at radius 2 is 2.12 bits per heavy atom. The van der Waals surface area contributed by atoms with E-state index in [0.717, 1.165) is 0 Å². The molecular formula is C14H21N3O7. The number of morpholine rings is 1. The van der Waals surface area contributed by atoms with Crippen molar-refractivity contribution in [3.8, 4) is 0 Å². The lowest BCUT2D eigenvalue weighted by Gasteiger charge is -2.27. The van der Waals surface area contributed by atoms with Crippen molar-refractivity contribution >= 4 is 0 Å². The van der Waals surface area contributed by atoms with E-state index in [1.807, 2.05) is 0 Å². The van der Waals surface area contributed by atoms with Gasteiger partial charge in [0.05, 0.1) is 19.8 Å². The number of H-pyrrole nitrogens is 1. The molecule has 10 nitrogen and oxygen atoms in total. The average molecular weight is 343 g/mol. The third-order valence-electron chi connectivity index (χ3n) is 4.10. The van der Waals surface area contributed by atoms with Crippen molar-refractivity contribution in [2.24, 2.45) is 0 Å².